The molecule has 3 aromatic carbocycles. The van der Waals surface area contributed by atoms with Gasteiger partial charge in [0.25, 0.3) is 0 Å². The van der Waals surface area contributed by atoms with Crippen molar-refractivity contribution in [3.8, 4) is 17.0 Å². The van der Waals surface area contributed by atoms with Crippen LogP contribution in [0, 0.1) is 6.92 Å². The number of rotatable bonds is 4. The van der Waals surface area contributed by atoms with Crippen LogP contribution < -0.4 is 15.4 Å². The number of fused-ring (bicyclic) bond motifs is 1. The Morgan fingerprint density at radius 2 is 1.67 bits per heavy atom. The van der Waals surface area contributed by atoms with E-state index in [0.717, 1.165) is 33.4 Å². The molecule has 0 fully saturated rings. The summed E-state index contributed by atoms with van der Waals surface area (Å²) in [6, 6.07) is 22.2. The minimum absolute atomic E-state index is 0.315. The smallest absolute Gasteiger partial charge is 0.323 e. The van der Waals surface area contributed by atoms with Gasteiger partial charge in [-0.1, -0.05) is 35.9 Å². The highest BCUT2D eigenvalue weighted by atomic mass is 35.5. The van der Waals surface area contributed by atoms with E-state index in [1.54, 1.807) is 7.11 Å². The number of anilines is 2. The Hall–Kier alpha value is -3.57. The standard InChI is InChI=1S/C24H20ClN3O2/c1-15-4-3-5-18(12-15)26-24(29)27-19-10-11-21-20(13-19)23(30-2)14-22(28-21)16-6-8-17(25)9-7-16/h3-14H,1-2H3,(H2,26,27,29). The third-order valence-electron chi connectivity index (χ3n) is 4.66. The number of methoxy groups -OCH3 is 1. The SMILES string of the molecule is COc1cc(-c2ccc(Cl)cc2)nc2ccc(NC(=O)Nc3cccc(C)c3)cc12. The second kappa shape index (κ2) is 8.43. The van der Waals surface area contributed by atoms with Gasteiger partial charge >= 0.3 is 6.03 Å². The van der Waals surface area contributed by atoms with Crippen LogP contribution in [-0.4, -0.2) is 18.1 Å². The van der Waals surface area contributed by atoms with E-state index in [1.165, 1.54) is 0 Å². The third kappa shape index (κ3) is 4.36. The van der Waals surface area contributed by atoms with Crippen molar-refractivity contribution in [3.63, 3.8) is 0 Å². The molecule has 0 saturated carbocycles. The quantitative estimate of drug-likeness (QED) is 0.397. The van der Waals surface area contributed by atoms with E-state index < -0.39 is 0 Å². The number of carbonyl (C=O) groups excluding carboxylic acids is 1. The highest BCUT2D eigenvalue weighted by Gasteiger charge is 2.11. The average Bonchev–Trinajstić information content (AvgIpc) is 2.73. The lowest BCUT2D eigenvalue weighted by Crippen LogP contribution is -2.19. The minimum Gasteiger partial charge on any atom is -0.496 e. The molecule has 1 heterocycles. The lowest BCUT2D eigenvalue weighted by molar-refractivity contribution is 0.262. The van der Waals surface area contributed by atoms with E-state index in [0.29, 0.717) is 16.5 Å². The monoisotopic (exact) mass is 417 g/mol. The van der Waals surface area contributed by atoms with Crippen LogP contribution >= 0.6 is 11.6 Å². The molecule has 0 saturated heterocycles. The molecule has 2 amide bonds. The van der Waals surface area contributed by atoms with E-state index in [9.17, 15) is 4.79 Å². The van der Waals surface area contributed by atoms with Crippen molar-refractivity contribution in [2.45, 2.75) is 6.92 Å². The van der Waals surface area contributed by atoms with Gasteiger partial charge in [0.1, 0.15) is 5.75 Å². The molecule has 0 aliphatic carbocycles. The summed E-state index contributed by atoms with van der Waals surface area (Å²) in [6.45, 7) is 1.98. The molecule has 2 N–H and O–H groups in total. The van der Waals surface area contributed by atoms with Crippen molar-refractivity contribution < 1.29 is 9.53 Å². The lowest BCUT2D eigenvalue weighted by atomic mass is 10.1. The van der Waals surface area contributed by atoms with Crippen molar-refractivity contribution in [1.82, 2.24) is 4.98 Å². The van der Waals surface area contributed by atoms with Crippen molar-refractivity contribution in [2.75, 3.05) is 17.7 Å². The van der Waals surface area contributed by atoms with E-state index in [4.69, 9.17) is 21.3 Å². The maximum Gasteiger partial charge on any atom is 0.323 e. The molecule has 1 aromatic heterocycles. The number of amides is 2. The Kier molecular flexibility index (Phi) is 5.55. The van der Waals surface area contributed by atoms with Gasteiger partial charge < -0.3 is 15.4 Å². The molecule has 0 spiro atoms. The predicted octanol–water partition coefficient (Wildman–Crippen LogP) is 6.52. The van der Waals surface area contributed by atoms with Crippen molar-refractivity contribution in [1.29, 1.82) is 0 Å². The Balaban J connectivity index is 1.61. The molecule has 30 heavy (non-hydrogen) atoms. The van der Waals surface area contributed by atoms with Gasteiger partial charge in [-0.05, 0) is 55.0 Å². The first kappa shape index (κ1) is 19.7. The number of aromatic nitrogens is 1. The molecule has 0 unspecified atom stereocenters. The minimum atomic E-state index is -0.315. The molecule has 4 rings (SSSR count). The Bertz CT molecular complexity index is 1220. The first-order chi connectivity index (χ1) is 14.5. The predicted molar refractivity (Wildman–Crippen MR) is 123 cm³/mol. The van der Waals surface area contributed by atoms with Crippen LogP contribution in [0.25, 0.3) is 22.2 Å². The number of carbonyl (C=O) groups is 1. The normalized spacial score (nSPS) is 10.6. The summed E-state index contributed by atoms with van der Waals surface area (Å²) in [5.74, 6) is 0.674. The fourth-order valence-electron chi connectivity index (χ4n) is 3.23. The number of aryl methyl sites for hydroxylation is 1. The summed E-state index contributed by atoms with van der Waals surface area (Å²) < 4.78 is 5.59. The molecule has 0 bridgehead atoms. The number of ether oxygens (including phenoxy) is 1. The Morgan fingerprint density at radius 3 is 2.37 bits per heavy atom. The van der Waals surface area contributed by atoms with Crippen molar-refractivity contribution >= 4 is 39.9 Å². The van der Waals surface area contributed by atoms with E-state index in [1.807, 2.05) is 79.7 Å². The van der Waals surface area contributed by atoms with E-state index in [-0.39, 0.29) is 6.03 Å². The van der Waals surface area contributed by atoms with Crippen LogP contribution in [0.3, 0.4) is 0 Å². The molecule has 0 aliphatic rings. The van der Waals surface area contributed by atoms with Crippen LogP contribution in [-0.2, 0) is 0 Å². The number of urea groups is 1. The molecular formula is C24H20ClN3O2. The number of pyridine rings is 1. The molecule has 5 nitrogen and oxygen atoms in total. The molecular weight excluding hydrogens is 398 g/mol. The highest BCUT2D eigenvalue weighted by molar-refractivity contribution is 6.30. The molecule has 0 aliphatic heterocycles. The Morgan fingerprint density at radius 1 is 0.933 bits per heavy atom. The molecule has 4 aromatic rings. The number of halogens is 1. The van der Waals surface area contributed by atoms with Crippen LogP contribution in [0.15, 0.2) is 72.8 Å². The van der Waals surface area contributed by atoms with Crippen LogP contribution in [0.5, 0.6) is 5.75 Å². The fraction of sp³-hybridized carbons (Fsp3) is 0.0833. The highest BCUT2D eigenvalue weighted by Crippen LogP contribution is 2.32. The summed E-state index contributed by atoms with van der Waals surface area (Å²) in [7, 11) is 1.62. The van der Waals surface area contributed by atoms with Crippen molar-refractivity contribution in [2.24, 2.45) is 0 Å². The summed E-state index contributed by atoms with van der Waals surface area (Å²) in [5.41, 5.74) is 4.95. The van der Waals surface area contributed by atoms with E-state index >= 15 is 0 Å². The number of benzene rings is 3. The summed E-state index contributed by atoms with van der Waals surface area (Å²) in [5, 5.41) is 7.17. The number of nitrogens with zero attached hydrogens (tertiary/aromatic N) is 1. The van der Waals surface area contributed by atoms with Gasteiger partial charge in [0.15, 0.2) is 0 Å². The van der Waals surface area contributed by atoms with Crippen LogP contribution in [0.2, 0.25) is 5.02 Å². The summed E-state index contributed by atoms with van der Waals surface area (Å²) in [6.07, 6.45) is 0. The zero-order valence-electron chi connectivity index (χ0n) is 16.6. The van der Waals surface area contributed by atoms with Gasteiger partial charge in [-0.2, -0.15) is 0 Å². The van der Waals surface area contributed by atoms with Gasteiger partial charge in [-0.25, -0.2) is 9.78 Å². The number of nitrogens with one attached hydrogen (secondary N) is 2. The summed E-state index contributed by atoms with van der Waals surface area (Å²) in [4.78, 5) is 17.1. The largest absolute Gasteiger partial charge is 0.496 e. The van der Waals surface area contributed by atoms with E-state index in [2.05, 4.69) is 10.6 Å². The topological polar surface area (TPSA) is 63.2 Å². The first-order valence-corrected chi connectivity index (χ1v) is 9.79. The van der Waals surface area contributed by atoms with Gasteiger partial charge in [-0.15, -0.1) is 0 Å². The van der Waals surface area contributed by atoms with Gasteiger partial charge in [0.05, 0.1) is 18.3 Å². The van der Waals surface area contributed by atoms with Crippen LogP contribution in [0.4, 0.5) is 16.2 Å². The fourth-order valence-corrected chi connectivity index (χ4v) is 3.35. The first-order valence-electron chi connectivity index (χ1n) is 9.41. The Labute approximate surface area is 179 Å². The second-order valence-electron chi connectivity index (χ2n) is 6.90. The number of hydrogen-bond acceptors (Lipinski definition) is 3. The molecule has 150 valence electrons. The maximum atomic E-state index is 12.4. The zero-order chi connectivity index (χ0) is 21.1. The zero-order valence-corrected chi connectivity index (χ0v) is 17.3. The second-order valence-corrected chi connectivity index (χ2v) is 7.33. The van der Waals surface area contributed by atoms with Gasteiger partial charge in [0.2, 0.25) is 0 Å². The average molecular weight is 418 g/mol. The third-order valence-corrected chi connectivity index (χ3v) is 4.92. The van der Waals surface area contributed by atoms with Gasteiger partial charge in [-0.3, -0.25) is 0 Å². The lowest BCUT2D eigenvalue weighted by Gasteiger charge is -2.12. The number of hydrogen-bond donors (Lipinski definition) is 2. The van der Waals surface area contributed by atoms with Crippen LogP contribution in [0.1, 0.15) is 5.56 Å². The molecule has 0 atom stereocenters. The molecule has 6 heteroatoms. The molecule has 0 radical (unpaired) electrons. The van der Waals surface area contributed by atoms with Crippen molar-refractivity contribution in [3.05, 3.63) is 83.4 Å². The summed E-state index contributed by atoms with van der Waals surface area (Å²) >= 11 is 5.99. The maximum absolute atomic E-state index is 12.4. The van der Waals surface area contributed by atoms with Gasteiger partial charge in [0, 0.05) is 33.4 Å².